The predicted octanol–water partition coefficient (Wildman–Crippen LogP) is 6.40. The quantitative estimate of drug-likeness (QED) is 0.280. The van der Waals surface area contributed by atoms with Gasteiger partial charge in [-0.1, -0.05) is 32.6 Å². The highest BCUT2D eigenvalue weighted by Crippen LogP contribution is 2.42. The molecule has 3 heterocycles. The molecule has 4 aliphatic rings. The number of hydrogen-bond acceptors (Lipinski definition) is 8. The van der Waals surface area contributed by atoms with E-state index in [0.29, 0.717) is 24.1 Å². The summed E-state index contributed by atoms with van der Waals surface area (Å²) in [5.41, 5.74) is 0.0846. The number of methoxy groups -OCH3 is 1. The number of rotatable bonds is 3. The van der Waals surface area contributed by atoms with Crippen LogP contribution in [-0.2, 0) is 25.0 Å². The molecule has 9 nitrogen and oxygen atoms in total. The van der Waals surface area contributed by atoms with Gasteiger partial charge in [-0.2, -0.15) is 8.78 Å². The van der Waals surface area contributed by atoms with Gasteiger partial charge >= 0.3 is 5.97 Å². The Balaban J connectivity index is 1.38. The second kappa shape index (κ2) is 13.8. The highest BCUT2D eigenvalue weighted by molar-refractivity contribution is 5.87. The Morgan fingerprint density at radius 3 is 2.41 bits per heavy atom. The van der Waals surface area contributed by atoms with E-state index < -0.39 is 42.0 Å². The molecule has 11 heteroatoms. The molecule has 0 radical (unpaired) electrons. The monoisotopic (exact) mass is 641 g/mol. The van der Waals surface area contributed by atoms with Crippen molar-refractivity contribution in [3.8, 4) is 11.6 Å². The first-order valence-electron chi connectivity index (χ1n) is 17.0. The molecule has 0 spiro atoms. The minimum absolute atomic E-state index is 0.00739. The van der Waals surface area contributed by atoms with Gasteiger partial charge in [-0.05, 0) is 68.9 Å². The van der Waals surface area contributed by atoms with Crippen molar-refractivity contribution in [3.05, 3.63) is 23.9 Å². The molecule has 2 aliphatic carbocycles. The number of amides is 1. The van der Waals surface area contributed by atoms with Crippen molar-refractivity contribution in [3.63, 3.8) is 0 Å². The number of aromatic nitrogens is 2. The second-order valence-corrected chi connectivity index (χ2v) is 13.7. The lowest BCUT2D eigenvalue weighted by atomic mass is 9.77. The molecule has 2 aliphatic heterocycles. The van der Waals surface area contributed by atoms with Crippen LogP contribution >= 0.6 is 0 Å². The Hall–Kier alpha value is -3.37. The number of benzene rings is 1. The molecule has 0 unspecified atom stereocenters. The van der Waals surface area contributed by atoms with Crippen LogP contribution in [-0.4, -0.2) is 64.9 Å². The zero-order valence-electron chi connectivity index (χ0n) is 26.8. The van der Waals surface area contributed by atoms with Crippen molar-refractivity contribution >= 4 is 29.2 Å². The van der Waals surface area contributed by atoms with Gasteiger partial charge < -0.3 is 23.9 Å². The largest absolute Gasteiger partial charge is 0.497 e. The van der Waals surface area contributed by atoms with Crippen molar-refractivity contribution in [1.82, 2.24) is 14.9 Å². The van der Waals surface area contributed by atoms with E-state index in [9.17, 15) is 14.4 Å². The maximum Gasteiger partial charge on any atom is 0.306 e. The number of ether oxygens (including phenoxy) is 3. The number of halogens is 2. The number of esters is 1. The Bertz CT molecular complexity index is 1430. The number of aldehydes is 1. The summed E-state index contributed by atoms with van der Waals surface area (Å²) in [6.45, 7) is 1.79. The first kappa shape index (κ1) is 32.6. The molecular formula is C35H45F2N3O6. The van der Waals surface area contributed by atoms with Crippen LogP contribution in [0.3, 0.4) is 0 Å². The number of carbonyl (C=O) groups is 3. The van der Waals surface area contributed by atoms with Gasteiger partial charge in [0, 0.05) is 18.4 Å². The molecule has 0 N–H and O–H groups in total. The van der Waals surface area contributed by atoms with Crippen LogP contribution in [0.2, 0.25) is 0 Å². The van der Waals surface area contributed by atoms with Crippen LogP contribution in [0.4, 0.5) is 8.78 Å². The van der Waals surface area contributed by atoms with Gasteiger partial charge in [0.15, 0.2) is 5.69 Å². The van der Waals surface area contributed by atoms with Crippen LogP contribution in [0.25, 0.3) is 11.0 Å². The smallest absolute Gasteiger partial charge is 0.306 e. The summed E-state index contributed by atoms with van der Waals surface area (Å²) in [4.78, 5) is 50.6. The summed E-state index contributed by atoms with van der Waals surface area (Å²) in [6.07, 6.45) is 7.94. The van der Waals surface area contributed by atoms with Gasteiger partial charge in [0.2, 0.25) is 11.8 Å². The normalized spacial score (nSPS) is 31.3. The summed E-state index contributed by atoms with van der Waals surface area (Å²) in [5.74, 6) is -4.81. The summed E-state index contributed by atoms with van der Waals surface area (Å²) in [7, 11) is 1.51. The highest BCUT2D eigenvalue weighted by atomic mass is 19.3. The van der Waals surface area contributed by atoms with Crippen molar-refractivity contribution < 1.29 is 37.4 Å². The molecule has 3 fully saturated rings. The summed E-state index contributed by atoms with van der Waals surface area (Å²) >= 11 is 0. The van der Waals surface area contributed by atoms with Gasteiger partial charge in [-0.3, -0.25) is 9.59 Å². The van der Waals surface area contributed by atoms with E-state index in [1.165, 1.54) is 12.0 Å². The van der Waals surface area contributed by atoms with Crippen molar-refractivity contribution in [1.29, 1.82) is 0 Å². The predicted molar refractivity (Wildman–Crippen MR) is 165 cm³/mol. The fourth-order valence-electron chi connectivity index (χ4n) is 8.13. The fourth-order valence-corrected chi connectivity index (χ4v) is 8.13. The highest BCUT2D eigenvalue weighted by Gasteiger charge is 2.48. The molecule has 6 atom stereocenters. The van der Waals surface area contributed by atoms with E-state index in [1.807, 2.05) is 0 Å². The van der Waals surface area contributed by atoms with Gasteiger partial charge in [0.25, 0.3) is 5.92 Å². The molecule has 1 aromatic heterocycles. The topological polar surface area (TPSA) is 108 Å². The zero-order valence-corrected chi connectivity index (χ0v) is 26.8. The Morgan fingerprint density at radius 1 is 0.913 bits per heavy atom. The van der Waals surface area contributed by atoms with Crippen molar-refractivity contribution in [2.24, 2.45) is 23.7 Å². The number of fused-ring (bicyclic) bond motifs is 5. The lowest BCUT2D eigenvalue weighted by molar-refractivity contribution is -0.156. The van der Waals surface area contributed by atoms with E-state index in [4.69, 9.17) is 14.2 Å². The average molecular weight is 642 g/mol. The zero-order chi connectivity index (χ0) is 32.4. The standard InChI is InChI=1S/C35H45F2N3O6/c1-21-28(20-41)40-19-30(21)46-33-32(38-26-15-14-24(44-2)17-27(26)39-33)35(36,37)16-7-6-11-23-12-8-13-29(23)45-31(42)18-25(34(40)43)22-9-4-3-5-10-22/h14-15,17,20-23,25,28-30H,3-13,16,18-19H2,1-2H3/t21-,23+,25-,28+,29+,30-/m0/s1. The molecule has 46 heavy (non-hydrogen) atoms. The molecule has 2 bridgehead atoms. The minimum atomic E-state index is -3.34. The van der Waals surface area contributed by atoms with E-state index in [-0.39, 0.29) is 60.6 Å². The van der Waals surface area contributed by atoms with E-state index >= 15 is 8.78 Å². The molecule has 2 aromatic rings. The van der Waals surface area contributed by atoms with Crippen molar-refractivity contribution in [2.75, 3.05) is 13.7 Å². The van der Waals surface area contributed by atoms with Crippen molar-refractivity contribution in [2.45, 2.75) is 115 Å². The lowest BCUT2D eigenvalue weighted by Gasteiger charge is -2.33. The van der Waals surface area contributed by atoms with Gasteiger partial charge in [-0.25, -0.2) is 9.97 Å². The first-order chi connectivity index (χ1) is 22.2. The summed E-state index contributed by atoms with van der Waals surface area (Å²) in [5, 5.41) is 0. The van der Waals surface area contributed by atoms with Crippen LogP contribution in [0.1, 0.15) is 96.1 Å². The molecule has 2 saturated carbocycles. The SMILES string of the molecule is COc1ccc2nc3c(nc2c1)O[C@H]1CN(C(=O)[C@H](C2CCCCC2)CC(=O)O[C@@H]2CCC[C@H]2CCCCC3(F)F)[C@H](C=O)[C@@H]1C. The minimum Gasteiger partial charge on any atom is -0.497 e. The fraction of sp³-hybridized carbons (Fsp3) is 0.686. The third kappa shape index (κ3) is 6.69. The Morgan fingerprint density at radius 2 is 1.65 bits per heavy atom. The average Bonchev–Trinajstić information content (AvgIpc) is 3.63. The molecule has 1 saturated heterocycles. The van der Waals surface area contributed by atoms with Crippen LogP contribution < -0.4 is 9.47 Å². The van der Waals surface area contributed by atoms with E-state index in [0.717, 1.165) is 57.7 Å². The van der Waals surface area contributed by atoms with Crippen LogP contribution in [0.5, 0.6) is 11.6 Å². The molecular weight excluding hydrogens is 596 g/mol. The Labute approximate surface area is 268 Å². The van der Waals surface area contributed by atoms with E-state index in [1.54, 1.807) is 25.1 Å². The van der Waals surface area contributed by atoms with Crippen LogP contribution in [0.15, 0.2) is 18.2 Å². The Kier molecular flexibility index (Phi) is 9.75. The van der Waals surface area contributed by atoms with Gasteiger partial charge in [-0.15, -0.1) is 0 Å². The van der Waals surface area contributed by atoms with E-state index in [2.05, 4.69) is 9.97 Å². The lowest BCUT2D eigenvalue weighted by Crippen LogP contribution is -2.45. The number of carbonyl (C=O) groups excluding carboxylic acids is 3. The molecule has 6 rings (SSSR count). The first-order valence-corrected chi connectivity index (χ1v) is 17.0. The molecule has 1 aromatic carbocycles. The molecule has 250 valence electrons. The summed E-state index contributed by atoms with van der Waals surface area (Å²) < 4.78 is 49.6. The number of nitrogens with zero attached hydrogens (tertiary/aromatic N) is 3. The summed E-state index contributed by atoms with van der Waals surface area (Å²) in [6, 6.07) is 4.02. The maximum absolute atomic E-state index is 16.0. The second-order valence-electron chi connectivity index (χ2n) is 13.7. The maximum atomic E-state index is 16.0. The van der Waals surface area contributed by atoms with Crippen LogP contribution in [0, 0.1) is 23.7 Å². The third-order valence-corrected chi connectivity index (χ3v) is 10.8. The van der Waals surface area contributed by atoms with Gasteiger partial charge in [0.1, 0.15) is 24.2 Å². The third-order valence-electron chi connectivity index (χ3n) is 10.8. The number of hydrogen-bond donors (Lipinski definition) is 0. The molecule has 1 amide bonds. The van der Waals surface area contributed by atoms with Gasteiger partial charge in [0.05, 0.1) is 43.1 Å². The number of alkyl halides is 2.